The van der Waals surface area contributed by atoms with Crippen molar-refractivity contribution in [2.75, 3.05) is 26.2 Å². The van der Waals surface area contributed by atoms with Crippen molar-refractivity contribution in [1.29, 1.82) is 0 Å². The van der Waals surface area contributed by atoms with Crippen molar-refractivity contribution in [3.8, 4) is 0 Å². The number of carbonyl (C=O) groups is 2. The van der Waals surface area contributed by atoms with E-state index in [2.05, 4.69) is 0 Å². The highest BCUT2D eigenvalue weighted by Crippen LogP contribution is 2.30. The van der Waals surface area contributed by atoms with Gasteiger partial charge in [0, 0.05) is 32.1 Å². The summed E-state index contributed by atoms with van der Waals surface area (Å²) in [5, 5.41) is 0. The van der Waals surface area contributed by atoms with Crippen LogP contribution in [0.2, 0.25) is 0 Å². The van der Waals surface area contributed by atoms with Crippen LogP contribution in [0.5, 0.6) is 0 Å². The Balaban J connectivity index is 1.74. The predicted molar refractivity (Wildman–Crippen MR) is 111 cm³/mol. The molecule has 0 radical (unpaired) electrons. The molecule has 0 bridgehead atoms. The molecule has 3 rings (SSSR count). The maximum absolute atomic E-state index is 13.4. The Morgan fingerprint density at radius 3 is 2.10 bits per heavy atom. The van der Waals surface area contributed by atoms with Gasteiger partial charge in [0.25, 0.3) is 0 Å². The van der Waals surface area contributed by atoms with Crippen LogP contribution in [0, 0.1) is 32.6 Å². The van der Waals surface area contributed by atoms with Gasteiger partial charge in [-0.25, -0.2) is 8.42 Å². The monoisotopic (exact) mass is 421 g/mol. The standard InChI is InChI=1S/C21H31N3O4S/c1-14-11-15(2)19(16(3)12-14)29(27,28)24-8-4-5-18(13-24)21(26)23-9-6-17(7-10-23)20(22)25/h11-12,17-18H,4-10,13H2,1-3H3,(H2,22,25)/t18-/m1/s1. The first-order valence-electron chi connectivity index (χ1n) is 10.3. The first-order valence-corrected chi connectivity index (χ1v) is 11.7. The number of hydrogen-bond acceptors (Lipinski definition) is 4. The van der Waals surface area contributed by atoms with E-state index in [1.807, 2.05) is 32.9 Å². The second kappa shape index (κ2) is 8.44. The van der Waals surface area contributed by atoms with Crippen molar-refractivity contribution in [1.82, 2.24) is 9.21 Å². The maximum Gasteiger partial charge on any atom is 0.243 e. The second-order valence-electron chi connectivity index (χ2n) is 8.43. The van der Waals surface area contributed by atoms with Crippen LogP contribution in [0.4, 0.5) is 0 Å². The Morgan fingerprint density at radius 1 is 0.966 bits per heavy atom. The quantitative estimate of drug-likeness (QED) is 0.800. The molecule has 1 aromatic carbocycles. The van der Waals surface area contributed by atoms with Gasteiger partial charge in [-0.05, 0) is 57.6 Å². The number of amides is 2. The topological polar surface area (TPSA) is 101 Å². The summed E-state index contributed by atoms with van der Waals surface area (Å²) in [6, 6.07) is 3.77. The van der Waals surface area contributed by atoms with Crippen LogP contribution < -0.4 is 5.73 Å². The minimum absolute atomic E-state index is 0.00910. The molecule has 0 aromatic heterocycles. The molecule has 2 aliphatic rings. The third-order valence-electron chi connectivity index (χ3n) is 6.14. The number of nitrogens with two attached hydrogens (primary N) is 1. The van der Waals surface area contributed by atoms with Gasteiger partial charge < -0.3 is 10.6 Å². The minimum Gasteiger partial charge on any atom is -0.369 e. The van der Waals surface area contributed by atoms with E-state index in [1.165, 1.54) is 4.31 Å². The van der Waals surface area contributed by atoms with Crippen molar-refractivity contribution in [3.05, 3.63) is 28.8 Å². The minimum atomic E-state index is -3.66. The summed E-state index contributed by atoms with van der Waals surface area (Å²) in [5.41, 5.74) is 7.88. The fourth-order valence-electron chi connectivity index (χ4n) is 4.71. The molecule has 2 N–H and O–H groups in total. The van der Waals surface area contributed by atoms with Gasteiger partial charge in [-0.2, -0.15) is 4.31 Å². The lowest BCUT2D eigenvalue weighted by Gasteiger charge is -2.37. The van der Waals surface area contributed by atoms with E-state index in [9.17, 15) is 18.0 Å². The molecular weight excluding hydrogens is 390 g/mol. The number of primary amides is 1. The van der Waals surface area contributed by atoms with Crippen molar-refractivity contribution in [3.63, 3.8) is 0 Å². The smallest absolute Gasteiger partial charge is 0.243 e. The molecule has 1 aromatic rings. The Kier molecular flexibility index (Phi) is 6.33. The Bertz CT molecular complexity index is 881. The number of piperidine rings is 2. The number of nitrogens with zero attached hydrogens (tertiary/aromatic N) is 2. The first kappa shape index (κ1) is 21.8. The van der Waals surface area contributed by atoms with Crippen molar-refractivity contribution < 1.29 is 18.0 Å². The van der Waals surface area contributed by atoms with Crippen LogP contribution in [0.15, 0.2) is 17.0 Å². The Hall–Kier alpha value is -1.93. The molecule has 2 saturated heterocycles. The lowest BCUT2D eigenvalue weighted by Crippen LogP contribution is -2.49. The summed E-state index contributed by atoms with van der Waals surface area (Å²) in [6.45, 7) is 7.25. The Labute approximate surface area is 173 Å². The van der Waals surface area contributed by atoms with Gasteiger partial charge in [0.15, 0.2) is 0 Å². The summed E-state index contributed by atoms with van der Waals surface area (Å²) in [6.07, 6.45) is 2.51. The SMILES string of the molecule is Cc1cc(C)c(S(=O)(=O)N2CCC[C@@H](C(=O)N3CCC(C(N)=O)CC3)C2)c(C)c1. The third-order valence-corrected chi connectivity index (χ3v) is 8.32. The molecule has 8 heteroatoms. The lowest BCUT2D eigenvalue weighted by atomic mass is 9.93. The summed E-state index contributed by atoms with van der Waals surface area (Å²) < 4.78 is 28.2. The van der Waals surface area contributed by atoms with Gasteiger partial charge in [-0.3, -0.25) is 9.59 Å². The zero-order chi connectivity index (χ0) is 21.3. The molecule has 160 valence electrons. The van der Waals surface area contributed by atoms with E-state index < -0.39 is 10.0 Å². The number of rotatable bonds is 4. The van der Waals surface area contributed by atoms with E-state index in [0.29, 0.717) is 50.2 Å². The molecule has 0 unspecified atom stereocenters. The highest BCUT2D eigenvalue weighted by molar-refractivity contribution is 7.89. The normalized spacial score (nSPS) is 21.9. The average molecular weight is 422 g/mol. The van der Waals surface area contributed by atoms with Gasteiger partial charge in [-0.1, -0.05) is 17.7 Å². The molecule has 29 heavy (non-hydrogen) atoms. The van der Waals surface area contributed by atoms with Crippen LogP contribution in [-0.2, 0) is 19.6 Å². The van der Waals surface area contributed by atoms with Gasteiger partial charge in [0.2, 0.25) is 21.8 Å². The number of aryl methyl sites for hydroxylation is 3. The zero-order valence-corrected chi connectivity index (χ0v) is 18.3. The van der Waals surface area contributed by atoms with Crippen LogP contribution in [0.3, 0.4) is 0 Å². The van der Waals surface area contributed by atoms with Gasteiger partial charge >= 0.3 is 0 Å². The Morgan fingerprint density at radius 2 is 1.55 bits per heavy atom. The third kappa shape index (κ3) is 4.48. The van der Waals surface area contributed by atoms with E-state index in [-0.39, 0.29) is 30.2 Å². The fraction of sp³-hybridized carbons (Fsp3) is 0.619. The van der Waals surface area contributed by atoms with Crippen molar-refractivity contribution in [2.45, 2.75) is 51.3 Å². The molecule has 0 spiro atoms. The van der Waals surface area contributed by atoms with Crippen molar-refractivity contribution >= 4 is 21.8 Å². The van der Waals surface area contributed by atoms with Crippen LogP contribution in [-0.4, -0.2) is 55.6 Å². The molecular formula is C21H31N3O4S. The highest BCUT2D eigenvalue weighted by Gasteiger charge is 2.37. The molecule has 2 heterocycles. The van der Waals surface area contributed by atoms with Gasteiger partial charge in [-0.15, -0.1) is 0 Å². The molecule has 2 amide bonds. The fourth-order valence-corrected chi connectivity index (χ4v) is 6.64. The van der Waals surface area contributed by atoms with Gasteiger partial charge in [0.05, 0.1) is 10.8 Å². The maximum atomic E-state index is 13.4. The molecule has 0 saturated carbocycles. The van der Waals surface area contributed by atoms with Crippen molar-refractivity contribution in [2.24, 2.45) is 17.6 Å². The van der Waals surface area contributed by atoms with E-state index >= 15 is 0 Å². The van der Waals surface area contributed by atoms with E-state index in [0.717, 1.165) is 16.7 Å². The van der Waals surface area contributed by atoms with Crippen LogP contribution in [0.1, 0.15) is 42.4 Å². The average Bonchev–Trinajstić information content (AvgIpc) is 2.66. The second-order valence-corrected chi connectivity index (χ2v) is 10.3. The number of sulfonamides is 1. The van der Waals surface area contributed by atoms with E-state index in [4.69, 9.17) is 5.73 Å². The lowest BCUT2D eigenvalue weighted by molar-refractivity contribution is -0.139. The number of carbonyl (C=O) groups excluding carboxylic acids is 2. The number of hydrogen-bond donors (Lipinski definition) is 1. The molecule has 7 nitrogen and oxygen atoms in total. The van der Waals surface area contributed by atoms with Crippen LogP contribution in [0.25, 0.3) is 0 Å². The first-order chi connectivity index (χ1) is 13.6. The number of likely N-dealkylation sites (tertiary alicyclic amines) is 1. The van der Waals surface area contributed by atoms with Gasteiger partial charge in [0.1, 0.15) is 0 Å². The summed E-state index contributed by atoms with van der Waals surface area (Å²) >= 11 is 0. The molecule has 2 aliphatic heterocycles. The zero-order valence-electron chi connectivity index (χ0n) is 17.5. The van der Waals surface area contributed by atoms with E-state index in [1.54, 1.807) is 4.90 Å². The van der Waals surface area contributed by atoms with Crippen LogP contribution >= 0.6 is 0 Å². The summed E-state index contributed by atoms with van der Waals surface area (Å²) in [4.78, 5) is 26.5. The molecule has 0 aliphatic carbocycles. The molecule has 1 atom stereocenters. The highest BCUT2D eigenvalue weighted by atomic mass is 32.2. The predicted octanol–water partition coefficient (Wildman–Crippen LogP) is 1.74. The number of benzene rings is 1. The largest absolute Gasteiger partial charge is 0.369 e. The summed E-state index contributed by atoms with van der Waals surface area (Å²) in [5.74, 6) is -0.828. The summed E-state index contributed by atoms with van der Waals surface area (Å²) in [7, 11) is -3.66. The molecule has 2 fully saturated rings.